The maximum Gasteiger partial charge on any atom is 0.321 e. The first-order valence-corrected chi connectivity index (χ1v) is 11.1. The van der Waals surface area contributed by atoms with Crippen LogP contribution >= 0.6 is 11.8 Å². The molecule has 2 aliphatic rings. The van der Waals surface area contributed by atoms with Crippen LogP contribution in [0.25, 0.3) is 0 Å². The lowest BCUT2D eigenvalue weighted by molar-refractivity contribution is 0.0585. The fraction of sp³-hybridized carbons (Fsp3) is 0.348. The van der Waals surface area contributed by atoms with E-state index in [1.54, 1.807) is 29.2 Å². The average molecular weight is 421 g/mol. The Morgan fingerprint density at radius 2 is 1.83 bits per heavy atom. The maximum atomic E-state index is 13.2. The van der Waals surface area contributed by atoms with Crippen molar-refractivity contribution in [1.82, 2.24) is 9.80 Å². The van der Waals surface area contributed by atoms with Crippen LogP contribution in [0.2, 0.25) is 0 Å². The minimum atomic E-state index is -0.230. The summed E-state index contributed by atoms with van der Waals surface area (Å²) >= 11 is 1.84. The standard InChI is InChI=1S/C23H24N4O2S/c1-17-3-2-4-19(15-17)21(28)27-13-14-30-23(27)9-11-26(12-10-23)22(29)25-20-7-5-18(16-24)6-8-20/h2-8,15H,9-14H2,1H3,(H,25,29). The number of carbonyl (C=O) groups excluding carboxylic acids is 2. The van der Waals surface area contributed by atoms with Crippen LogP contribution in [-0.2, 0) is 0 Å². The van der Waals surface area contributed by atoms with Crippen molar-refractivity contribution >= 4 is 29.4 Å². The van der Waals surface area contributed by atoms with Gasteiger partial charge in [0.05, 0.1) is 16.5 Å². The second-order valence-electron chi connectivity index (χ2n) is 7.73. The number of benzene rings is 2. The van der Waals surface area contributed by atoms with E-state index in [2.05, 4.69) is 11.4 Å². The van der Waals surface area contributed by atoms with Gasteiger partial charge in [-0.05, 0) is 56.2 Å². The van der Waals surface area contributed by atoms with Gasteiger partial charge in [-0.1, -0.05) is 17.7 Å². The highest BCUT2D eigenvalue weighted by Crippen LogP contribution is 2.44. The Hall–Kier alpha value is -2.98. The quantitative estimate of drug-likeness (QED) is 0.794. The molecule has 0 unspecified atom stereocenters. The van der Waals surface area contributed by atoms with Gasteiger partial charge in [-0.15, -0.1) is 11.8 Å². The van der Waals surface area contributed by atoms with E-state index in [0.29, 0.717) is 24.3 Å². The number of hydrogen-bond acceptors (Lipinski definition) is 4. The number of nitrogens with one attached hydrogen (secondary N) is 1. The molecule has 1 N–H and O–H groups in total. The number of rotatable bonds is 2. The third-order valence-electron chi connectivity index (χ3n) is 5.78. The number of aryl methyl sites for hydroxylation is 1. The molecule has 2 aromatic rings. The normalized spacial score (nSPS) is 17.6. The minimum Gasteiger partial charge on any atom is -0.324 e. The number of likely N-dealkylation sites (tertiary alicyclic amines) is 1. The van der Waals surface area contributed by atoms with Crippen molar-refractivity contribution in [2.45, 2.75) is 24.6 Å². The number of amides is 3. The number of anilines is 1. The van der Waals surface area contributed by atoms with E-state index in [0.717, 1.165) is 36.3 Å². The van der Waals surface area contributed by atoms with Crippen molar-refractivity contribution in [2.75, 3.05) is 30.7 Å². The average Bonchev–Trinajstić information content (AvgIpc) is 3.17. The van der Waals surface area contributed by atoms with E-state index >= 15 is 0 Å². The molecule has 0 aliphatic carbocycles. The molecule has 0 aromatic heterocycles. The Balaban J connectivity index is 1.40. The van der Waals surface area contributed by atoms with E-state index in [9.17, 15) is 9.59 Å². The molecule has 154 valence electrons. The van der Waals surface area contributed by atoms with Crippen molar-refractivity contribution in [3.63, 3.8) is 0 Å². The van der Waals surface area contributed by atoms with Crippen molar-refractivity contribution in [3.8, 4) is 6.07 Å². The smallest absolute Gasteiger partial charge is 0.321 e. The number of nitriles is 1. The maximum absolute atomic E-state index is 13.2. The molecule has 2 fully saturated rings. The predicted molar refractivity (Wildman–Crippen MR) is 118 cm³/mol. The van der Waals surface area contributed by atoms with E-state index < -0.39 is 0 Å². The van der Waals surface area contributed by atoms with Gasteiger partial charge in [0, 0.05) is 36.6 Å². The summed E-state index contributed by atoms with van der Waals surface area (Å²) in [6.45, 7) is 3.95. The van der Waals surface area contributed by atoms with Gasteiger partial charge in [-0.25, -0.2) is 4.79 Å². The number of piperidine rings is 1. The fourth-order valence-electron chi connectivity index (χ4n) is 4.13. The van der Waals surface area contributed by atoms with Crippen LogP contribution in [0.5, 0.6) is 0 Å². The zero-order valence-corrected chi connectivity index (χ0v) is 17.7. The van der Waals surface area contributed by atoms with Gasteiger partial charge in [0.2, 0.25) is 0 Å². The monoisotopic (exact) mass is 420 g/mol. The van der Waals surface area contributed by atoms with Gasteiger partial charge in [-0.2, -0.15) is 5.26 Å². The number of hydrogen-bond donors (Lipinski definition) is 1. The Morgan fingerprint density at radius 1 is 1.10 bits per heavy atom. The van der Waals surface area contributed by atoms with Crippen molar-refractivity contribution in [2.24, 2.45) is 0 Å². The van der Waals surface area contributed by atoms with Gasteiger partial charge in [0.15, 0.2) is 0 Å². The summed E-state index contributed by atoms with van der Waals surface area (Å²) in [5.74, 6) is 1.01. The number of nitrogens with zero attached hydrogens (tertiary/aromatic N) is 3. The van der Waals surface area contributed by atoms with E-state index in [1.165, 1.54) is 0 Å². The lowest BCUT2D eigenvalue weighted by Gasteiger charge is -2.44. The van der Waals surface area contributed by atoms with Crippen LogP contribution in [0.3, 0.4) is 0 Å². The summed E-state index contributed by atoms with van der Waals surface area (Å²) in [5.41, 5.74) is 3.05. The van der Waals surface area contributed by atoms with Gasteiger partial charge in [0.25, 0.3) is 5.91 Å². The van der Waals surface area contributed by atoms with Gasteiger partial charge in [0.1, 0.15) is 0 Å². The topological polar surface area (TPSA) is 76.4 Å². The summed E-state index contributed by atoms with van der Waals surface area (Å²) in [5, 5.41) is 11.8. The van der Waals surface area contributed by atoms with Crippen LogP contribution in [0, 0.1) is 18.3 Å². The molecule has 2 aliphatic heterocycles. The van der Waals surface area contributed by atoms with Crippen molar-refractivity contribution in [1.29, 1.82) is 5.26 Å². The molecule has 6 nitrogen and oxygen atoms in total. The largest absolute Gasteiger partial charge is 0.324 e. The van der Waals surface area contributed by atoms with Crippen LogP contribution in [0.15, 0.2) is 48.5 Å². The molecule has 2 aromatic carbocycles. The lowest BCUT2D eigenvalue weighted by atomic mass is 10.0. The highest BCUT2D eigenvalue weighted by Gasteiger charge is 2.47. The fourth-order valence-corrected chi connectivity index (χ4v) is 5.59. The second-order valence-corrected chi connectivity index (χ2v) is 9.18. The Bertz CT molecular complexity index is 991. The van der Waals surface area contributed by atoms with E-state index in [4.69, 9.17) is 5.26 Å². The predicted octanol–water partition coefficient (Wildman–Crippen LogP) is 4.08. The summed E-state index contributed by atoms with van der Waals surface area (Å²) in [6.07, 6.45) is 1.52. The van der Waals surface area contributed by atoms with Crippen LogP contribution in [0.4, 0.5) is 10.5 Å². The first kappa shape index (κ1) is 20.3. The third kappa shape index (κ3) is 4.01. The minimum absolute atomic E-state index is 0.0826. The lowest BCUT2D eigenvalue weighted by Crippen LogP contribution is -2.54. The molecular formula is C23H24N4O2S. The molecule has 0 radical (unpaired) electrons. The Kier molecular flexibility index (Phi) is 5.69. The molecule has 0 atom stereocenters. The van der Waals surface area contributed by atoms with Crippen LogP contribution < -0.4 is 5.32 Å². The van der Waals surface area contributed by atoms with Crippen molar-refractivity contribution < 1.29 is 9.59 Å². The van der Waals surface area contributed by atoms with Crippen LogP contribution in [-0.4, -0.2) is 52.0 Å². The van der Waals surface area contributed by atoms with E-state index in [1.807, 2.05) is 47.9 Å². The first-order chi connectivity index (χ1) is 14.5. The van der Waals surface area contributed by atoms with Crippen LogP contribution in [0.1, 0.15) is 34.3 Å². The highest BCUT2D eigenvalue weighted by atomic mass is 32.2. The Morgan fingerprint density at radius 3 is 2.50 bits per heavy atom. The zero-order chi connectivity index (χ0) is 21.1. The Labute approximate surface area is 180 Å². The molecule has 30 heavy (non-hydrogen) atoms. The zero-order valence-electron chi connectivity index (χ0n) is 16.9. The molecule has 4 rings (SSSR count). The number of urea groups is 1. The second kappa shape index (κ2) is 8.41. The molecule has 1 spiro atoms. The number of carbonyl (C=O) groups is 2. The number of thioether (sulfide) groups is 1. The van der Waals surface area contributed by atoms with Gasteiger partial charge < -0.3 is 15.1 Å². The summed E-state index contributed by atoms with van der Waals surface area (Å²) < 4.78 is 0. The van der Waals surface area contributed by atoms with E-state index in [-0.39, 0.29) is 16.8 Å². The SMILES string of the molecule is Cc1cccc(C(=O)N2CCSC23CCN(C(=O)Nc2ccc(C#N)cc2)CC3)c1. The van der Waals surface area contributed by atoms with Gasteiger partial charge >= 0.3 is 6.03 Å². The highest BCUT2D eigenvalue weighted by molar-refractivity contribution is 8.00. The molecule has 2 saturated heterocycles. The molecular weight excluding hydrogens is 396 g/mol. The summed E-state index contributed by atoms with van der Waals surface area (Å²) in [7, 11) is 0. The molecule has 7 heteroatoms. The van der Waals surface area contributed by atoms with Gasteiger partial charge in [-0.3, -0.25) is 4.79 Å². The molecule has 2 heterocycles. The van der Waals surface area contributed by atoms with Crippen molar-refractivity contribution in [3.05, 3.63) is 65.2 Å². The molecule has 0 bridgehead atoms. The first-order valence-electron chi connectivity index (χ1n) is 10.1. The summed E-state index contributed by atoms with van der Waals surface area (Å²) in [4.78, 5) is 29.4. The summed E-state index contributed by atoms with van der Waals surface area (Å²) in [6, 6.07) is 16.5. The third-order valence-corrected chi connectivity index (χ3v) is 7.34. The molecule has 3 amide bonds. The molecule has 0 saturated carbocycles.